The molecule has 1 aromatic heterocycles. The lowest BCUT2D eigenvalue weighted by Crippen LogP contribution is -2.12. The second-order valence-corrected chi connectivity index (χ2v) is 5.17. The Balaban J connectivity index is 1.92. The monoisotopic (exact) mass is 322 g/mol. The molecule has 0 aliphatic heterocycles. The normalized spacial score (nSPS) is 11.3. The average Bonchev–Trinajstić information content (AvgIpc) is 2.91. The predicted octanol–water partition coefficient (Wildman–Crippen LogP) is 3.97. The SMILES string of the molecule is Cc1nccn1CCCCNc1cc(C#N)ccc1C(F)(F)F. The highest BCUT2D eigenvalue weighted by Gasteiger charge is 2.33. The predicted molar refractivity (Wildman–Crippen MR) is 80.8 cm³/mol. The molecule has 23 heavy (non-hydrogen) atoms. The zero-order valence-corrected chi connectivity index (χ0v) is 12.7. The van der Waals surface area contributed by atoms with Gasteiger partial charge in [-0.2, -0.15) is 18.4 Å². The van der Waals surface area contributed by atoms with E-state index in [4.69, 9.17) is 5.26 Å². The molecule has 0 saturated heterocycles. The number of halogens is 3. The number of benzene rings is 1. The van der Waals surface area contributed by atoms with Crippen LogP contribution in [0.4, 0.5) is 18.9 Å². The summed E-state index contributed by atoms with van der Waals surface area (Å²) in [7, 11) is 0. The Labute approximate surface area is 132 Å². The van der Waals surface area contributed by atoms with E-state index >= 15 is 0 Å². The summed E-state index contributed by atoms with van der Waals surface area (Å²) in [6.07, 6.45) is 0.691. The molecular weight excluding hydrogens is 305 g/mol. The fourth-order valence-electron chi connectivity index (χ4n) is 2.28. The number of hydrogen-bond donors (Lipinski definition) is 1. The summed E-state index contributed by atoms with van der Waals surface area (Å²) in [5.41, 5.74) is -0.591. The summed E-state index contributed by atoms with van der Waals surface area (Å²) < 4.78 is 40.9. The molecule has 0 saturated carbocycles. The molecule has 1 N–H and O–H groups in total. The fraction of sp³-hybridized carbons (Fsp3) is 0.375. The quantitative estimate of drug-likeness (QED) is 0.819. The van der Waals surface area contributed by atoms with Crippen molar-refractivity contribution in [3.8, 4) is 6.07 Å². The molecule has 1 heterocycles. The summed E-state index contributed by atoms with van der Waals surface area (Å²) in [5, 5.41) is 11.6. The van der Waals surface area contributed by atoms with E-state index in [0.717, 1.165) is 24.9 Å². The van der Waals surface area contributed by atoms with Gasteiger partial charge in [-0.15, -0.1) is 0 Å². The van der Waals surface area contributed by atoms with Gasteiger partial charge in [-0.25, -0.2) is 4.98 Å². The summed E-state index contributed by atoms with van der Waals surface area (Å²) in [6, 6.07) is 5.21. The zero-order chi connectivity index (χ0) is 16.9. The highest BCUT2D eigenvalue weighted by molar-refractivity contribution is 5.56. The number of nitrogens with zero attached hydrogens (tertiary/aromatic N) is 3. The van der Waals surface area contributed by atoms with Crippen LogP contribution in [0.15, 0.2) is 30.6 Å². The van der Waals surface area contributed by atoms with E-state index in [1.807, 2.05) is 23.8 Å². The van der Waals surface area contributed by atoms with Crippen LogP contribution in [0.1, 0.15) is 29.8 Å². The van der Waals surface area contributed by atoms with Crippen LogP contribution < -0.4 is 5.32 Å². The Bertz CT molecular complexity index is 698. The van der Waals surface area contributed by atoms with E-state index < -0.39 is 11.7 Å². The maximum atomic E-state index is 13.0. The number of alkyl halides is 3. The van der Waals surface area contributed by atoms with Crippen molar-refractivity contribution < 1.29 is 13.2 Å². The standard InChI is InChI=1S/C16H17F3N4/c1-12-21-7-9-23(12)8-3-2-6-22-15-10-13(11-20)4-5-14(15)16(17,18)19/h4-5,7,9-10,22H,2-3,6,8H2,1H3. The maximum absolute atomic E-state index is 13.0. The van der Waals surface area contributed by atoms with Gasteiger partial charge in [-0.1, -0.05) is 0 Å². The number of nitriles is 1. The topological polar surface area (TPSA) is 53.6 Å². The fourth-order valence-corrected chi connectivity index (χ4v) is 2.28. The molecule has 0 bridgehead atoms. The van der Waals surface area contributed by atoms with Gasteiger partial charge in [0.1, 0.15) is 5.82 Å². The zero-order valence-electron chi connectivity index (χ0n) is 12.7. The Morgan fingerprint density at radius 2 is 2.09 bits per heavy atom. The van der Waals surface area contributed by atoms with Gasteiger partial charge in [0.15, 0.2) is 0 Å². The molecule has 2 aromatic rings. The second kappa shape index (κ2) is 7.18. The molecule has 0 amide bonds. The Morgan fingerprint density at radius 1 is 1.30 bits per heavy atom. The third kappa shape index (κ3) is 4.49. The van der Waals surface area contributed by atoms with E-state index in [2.05, 4.69) is 10.3 Å². The summed E-state index contributed by atoms with van der Waals surface area (Å²) in [6.45, 7) is 3.09. The van der Waals surface area contributed by atoms with Gasteiger partial charge in [-0.05, 0) is 38.0 Å². The Morgan fingerprint density at radius 3 is 2.70 bits per heavy atom. The smallest absolute Gasteiger partial charge is 0.385 e. The highest BCUT2D eigenvalue weighted by atomic mass is 19.4. The number of aryl methyl sites for hydroxylation is 2. The van der Waals surface area contributed by atoms with Crippen molar-refractivity contribution in [1.29, 1.82) is 5.26 Å². The number of unbranched alkanes of at least 4 members (excludes halogenated alkanes) is 1. The third-order valence-corrected chi connectivity index (χ3v) is 3.52. The van der Waals surface area contributed by atoms with E-state index in [9.17, 15) is 13.2 Å². The minimum atomic E-state index is -4.44. The number of nitrogens with one attached hydrogen (secondary N) is 1. The molecule has 2 rings (SSSR count). The van der Waals surface area contributed by atoms with Gasteiger partial charge in [0.2, 0.25) is 0 Å². The van der Waals surface area contributed by atoms with Crippen LogP contribution in [0.2, 0.25) is 0 Å². The van der Waals surface area contributed by atoms with Crippen LogP contribution in [0.25, 0.3) is 0 Å². The molecular formula is C16H17F3N4. The molecule has 0 aliphatic rings. The van der Waals surface area contributed by atoms with Gasteiger partial charge >= 0.3 is 6.18 Å². The van der Waals surface area contributed by atoms with Crippen molar-refractivity contribution in [3.05, 3.63) is 47.5 Å². The minimum Gasteiger partial charge on any atom is -0.385 e. The highest BCUT2D eigenvalue weighted by Crippen LogP contribution is 2.35. The Kier molecular flexibility index (Phi) is 5.27. The maximum Gasteiger partial charge on any atom is 0.418 e. The van der Waals surface area contributed by atoms with E-state index in [0.29, 0.717) is 13.0 Å². The van der Waals surface area contributed by atoms with Crippen molar-refractivity contribution >= 4 is 5.69 Å². The van der Waals surface area contributed by atoms with Gasteiger partial charge in [0, 0.05) is 31.2 Å². The number of imidazole rings is 1. The number of rotatable bonds is 6. The van der Waals surface area contributed by atoms with Gasteiger partial charge in [0.05, 0.1) is 17.2 Å². The van der Waals surface area contributed by atoms with Crippen molar-refractivity contribution in [2.24, 2.45) is 0 Å². The van der Waals surface area contributed by atoms with Gasteiger partial charge in [-0.3, -0.25) is 0 Å². The summed E-state index contributed by atoms with van der Waals surface area (Å²) >= 11 is 0. The Hall–Kier alpha value is -2.49. The number of hydrogen-bond acceptors (Lipinski definition) is 3. The molecule has 0 radical (unpaired) electrons. The van der Waals surface area contributed by atoms with Crippen LogP contribution in [-0.4, -0.2) is 16.1 Å². The van der Waals surface area contributed by atoms with Gasteiger partial charge < -0.3 is 9.88 Å². The number of anilines is 1. The lowest BCUT2D eigenvalue weighted by atomic mass is 10.1. The molecule has 0 fully saturated rings. The largest absolute Gasteiger partial charge is 0.418 e. The van der Waals surface area contributed by atoms with Crippen molar-refractivity contribution in [2.45, 2.75) is 32.5 Å². The molecule has 4 nitrogen and oxygen atoms in total. The lowest BCUT2D eigenvalue weighted by molar-refractivity contribution is -0.136. The van der Waals surface area contributed by atoms with E-state index in [-0.39, 0.29) is 11.3 Å². The van der Waals surface area contributed by atoms with Gasteiger partial charge in [0.25, 0.3) is 0 Å². The first kappa shape index (κ1) is 16.9. The summed E-state index contributed by atoms with van der Waals surface area (Å²) in [4.78, 5) is 4.11. The van der Waals surface area contributed by atoms with Crippen LogP contribution in [0.5, 0.6) is 0 Å². The van der Waals surface area contributed by atoms with Crippen molar-refractivity contribution in [1.82, 2.24) is 9.55 Å². The molecule has 0 unspecified atom stereocenters. The van der Waals surface area contributed by atoms with E-state index in [1.165, 1.54) is 12.1 Å². The van der Waals surface area contributed by atoms with Crippen molar-refractivity contribution in [3.63, 3.8) is 0 Å². The minimum absolute atomic E-state index is 0.0460. The third-order valence-electron chi connectivity index (χ3n) is 3.52. The van der Waals surface area contributed by atoms with Crippen LogP contribution in [0, 0.1) is 18.3 Å². The van der Waals surface area contributed by atoms with Crippen molar-refractivity contribution in [2.75, 3.05) is 11.9 Å². The molecule has 0 atom stereocenters. The van der Waals surface area contributed by atoms with Crippen LogP contribution in [0.3, 0.4) is 0 Å². The molecule has 7 heteroatoms. The molecule has 0 aliphatic carbocycles. The average molecular weight is 322 g/mol. The van der Waals surface area contributed by atoms with Crippen LogP contribution >= 0.6 is 0 Å². The van der Waals surface area contributed by atoms with E-state index in [1.54, 1.807) is 6.20 Å². The molecule has 1 aromatic carbocycles. The second-order valence-electron chi connectivity index (χ2n) is 5.17. The molecule has 0 spiro atoms. The summed E-state index contributed by atoms with van der Waals surface area (Å²) in [5.74, 6) is 0.916. The van der Waals surface area contributed by atoms with Crippen LogP contribution in [-0.2, 0) is 12.7 Å². The first-order valence-corrected chi connectivity index (χ1v) is 7.25. The molecule has 122 valence electrons. The lowest BCUT2D eigenvalue weighted by Gasteiger charge is -2.15. The first-order valence-electron chi connectivity index (χ1n) is 7.25. The first-order chi connectivity index (χ1) is 10.9. The number of aromatic nitrogens is 2.